The van der Waals surface area contributed by atoms with Crippen LogP contribution in [0.1, 0.15) is 32.3 Å². The third-order valence-corrected chi connectivity index (χ3v) is 3.89. The average Bonchev–Trinajstić information content (AvgIpc) is 3.15. The minimum atomic E-state index is 0.108. The molecule has 0 spiro atoms. The molecule has 94 valence electrons. The van der Waals surface area contributed by atoms with Crippen molar-refractivity contribution in [1.29, 1.82) is 0 Å². The Hall–Kier alpha value is -0.860. The number of hydrogen-bond donors (Lipinski definition) is 1. The van der Waals surface area contributed by atoms with E-state index in [4.69, 9.17) is 5.73 Å². The molecule has 0 aromatic heterocycles. The predicted molar refractivity (Wildman–Crippen MR) is 73.0 cm³/mol. The van der Waals surface area contributed by atoms with Crippen LogP contribution in [0, 0.1) is 0 Å². The maximum Gasteiger partial charge on any atom is 0.0346 e. The van der Waals surface area contributed by atoms with Crippen molar-refractivity contribution in [3.05, 3.63) is 35.9 Å². The highest BCUT2D eigenvalue weighted by Gasteiger charge is 2.39. The zero-order valence-corrected chi connectivity index (χ0v) is 11.0. The van der Waals surface area contributed by atoms with Gasteiger partial charge in [0.15, 0.2) is 0 Å². The monoisotopic (exact) mass is 232 g/mol. The van der Waals surface area contributed by atoms with E-state index in [0.717, 1.165) is 25.6 Å². The molecule has 2 rings (SSSR count). The highest BCUT2D eigenvalue weighted by molar-refractivity contribution is 5.18. The van der Waals surface area contributed by atoms with E-state index < -0.39 is 0 Å². The summed E-state index contributed by atoms with van der Waals surface area (Å²) in [5.41, 5.74) is 7.55. The van der Waals surface area contributed by atoms with E-state index in [-0.39, 0.29) is 5.54 Å². The number of benzene rings is 1. The maximum atomic E-state index is 6.06. The second-order valence-corrected chi connectivity index (χ2v) is 5.38. The molecular weight excluding hydrogens is 208 g/mol. The SMILES string of the molecule is CCN(C1CC1)C(C)(CN)Cc1ccccc1. The van der Waals surface area contributed by atoms with Crippen LogP contribution in [-0.2, 0) is 6.42 Å². The van der Waals surface area contributed by atoms with Crippen molar-refractivity contribution in [3.8, 4) is 0 Å². The predicted octanol–water partition coefficient (Wildman–Crippen LogP) is 2.43. The normalized spacial score (nSPS) is 19.3. The van der Waals surface area contributed by atoms with Gasteiger partial charge in [-0.3, -0.25) is 4.90 Å². The second kappa shape index (κ2) is 5.19. The van der Waals surface area contributed by atoms with Gasteiger partial charge in [0.25, 0.3) is 0 Å². The van der Waals surface area contributed by atoms with Crippen LogP contribution in [0.4, 0.5) is 0 Å². The quantitative estimate of drug-likeness (QED) is 0.816. The molecule has 17 heavy (non-hydrogen) atoms. The lowest BCUT2D eigenvalue weighted by atomic mass is 9.90. The van der Waals surface area contributed by atoms with Crippen LogP contribution in [0.15, 0.2) is 30.3 Å². The third-order valence-electron chi connectivity index (χ3n) is 3.89. The molecule has 1 fully saturated rings. The van der Waals surface area contributed by atoms with Crippen LogP contribution >= 0.6 is 0 Å². The fraction of sp³-hybridized carbons (Fsp3) is 0.600. The van der Waals surface area contributed by atoms with E-state index in [0.29, 0.717) is 0 Å². The zero-order valence-electron chi connectivity index (χ0n) is 11.0. The maximum absolute atomic E-state index is 6.06. The van der Waals surface area contributed by atoms with Crippen molar-refractivity contribution < 1.29 is 0 Å². The van der Waals surface area contributed by atoms with Gasteiger partial charge >= 0.3 is 0 Å². The van der Waals surface area contributed by atoms with Gasteiger partial charge in [-0.2, -0.15) is 0 Å². The summed E-state index contributed by atoms with van der Waals surface area (Å²) in [6.07, 6.45) is 3.74. The number of hydrogen-bond acceptors (Lipinski definition) is 2. The minimum absolute atomic E-state index is 0.108. The van der Waals surface area contributed by atoms with Gasteiger partial charge in [0.1, 0.15) is 0 Å². The lowest BCUT2D eigenvalue weighted by Crippen LogP contribution is -2.54. The van der Waals surface area contributed by atoms with E-state index in [1.807, 2.05) is 0 Å². The van der Waals surface area contributed by atoms with Crippen molar-refractivity contribution >= 4 is 0 Å². The Morgan fingerprint density at radius 3 is 2.41 bits per heavy atom. The number of nitrogens with two attached hydrogens (primary N) is 1. The van der Waals surface area contributed by atoms with Crippen molar-refractivity contribution in [2.75, 3.05) is 13.1 Å². The van der Waals surface area contributed by atoms with Gasteiger partial charge in [-0.05, 0) is 38.3 Å². The molecule has 0 aliphatic heterocycles. The minimum Gasteiger partial charge on any atom is -0.329 e. The number of likely N-dealkylation sites (N-methyl/N-ethyl adjacent to an activating group) is 1. The highest BCUT2D eigenvalue weighted by atomic mass is 15.2. The topological polar surface area (TPSA) is 29.3 Å². The standard InChI is InChI=1S/C15H24N2/c1-3-17(14-9-10-14)15(2,12-16)11-13-7-5-4-6-8-13/h4-8,14H,3,9-12,16H2,1-2H3. The fourth-order valence-electron chi connectivity index (χ4n) is 2.79. The Bertz CT molecular complexity index is 345. The van der Waals surface area contributed by atoms with Crippen molar-refractivity contribution in [2.24, 2.45) is 5.73 Å². The first kappa shape index (κ1) is 12.6. The Morgan fingerprint density at radius 2 is 1.94 bits per heavy atom. The van der Waals surface area contributed by atoms with Crippen LogP contribution in [0.3, 0.4) is 0 Å². The van der Waals surface area contributed by atoms with Crippen LogP contribution in [0.5, 0.6) is 0 Å². The van der Waals surface area contributed by atoms with Gasteiger partial charge in [-0.1, -0.05) is 37.3 Å². The molecule has 0 radical (unpaired) electrons. The first-order valence-corrected chi connectivity index (χ1v) is 6.70. The largest absolute Gasteiger partial charge is 0.329 e. The van der Waals surface area contributed by atoms with E-state index in [1.54, 1.807) is 0 Å². The Labute approximate surface area is 105 Å². The van der Waals surface area contributed by atoms with E-state index in [1.165, 1.54) is 18.4 Å². The fourth-order valence-corrected chi connectivity index (χ4v) is 2.79. The van der Waals surface area contributed by atoms with Crippen molar-refractivity contribution in [1.82, 2.24) is 4.90 Å². The first-order valence-electron chi connectivity index (χ1n) is 6.70. The molecule has 0 amide bonds. The van der Waals surface area contributed by atoms with Gasteiger partial charge in [-0.25, -0.2) is 0 Å². The zero-order chi connectivity index (χ0) is 12.3. The molecule has 1 unspecified atom stereocenters. The molecule has 1 saturated carbocycles. The highest BCUT2D eigenvalue weighted by Crippen LogP contribution is 2.33. The van der Waals surface area contributed by atoms with Crippen LogP contribution < -0.4 is 5.73 Å². The summed E-state index contributed by atoms with van der Waals surface area (Å²) in [7, 11) is 0. The summed E-state index contributed by atoms with van der Waals surface area (Å²) in [4.78, 5) is 2.60. The van der Waals surface area contributed by atoms with Crippen molar-refractivity contribution in [3.63, 3.8) is 0 Å². The van der Waals surface area contributed by atoms with Crippen LogP contribution in [0.25, 0.3) is 0 Å². The second-order valence-electron chi connectivity index (χ2n) is 5.38. The lowest BCUT2D eigenvalue weighted by molar-refractivity contribution is 0.107. The Balaban J connectivity index is 2.12. The summed E-state index contributed by atoms with van der Waals surface area (Å²) in [6.45, 7) is 6.39. The Kier molecular flexibility index (Phi) is 3.85. The molecule has 1 aliphatic carbocycles. The molecular formula is C15H24N2. The molecule has 0 bridgehead atoms. The van der Waals surface area contributed by atoms with E-state index in [2.05, 4.69) is 49.1 Å². The van der Waals surface area contributed by atoms with Gasteiger partial charge in [0.05, 0.1) is 0 Å². The van der Waals surface area contributed by atoms with Gasteiger partial charge in [-0.15, -0.1) is 0 Å². The average molecular weight is 232 g/mol. The summed E-state index contributed by atoms with van der Waals surface area (Å²) in [5.74, 6) is 0. The first-order chi connectivity index (χ1) is 8.19. The number of nitrogens with zero attached hydrogens (tertiary/aromatic N) is 1. The van der Waals surface area contributed by atoms with Gasteiger partial charge in [0, 0.05) is 18.1 Å². The molecule has 2 heteroatoms. The van der Waals surface area contributed by atoms with Gasteiger partial charge in [0.2, 0.25) is 0 Å². The summed E-state index contributed by atoms with van der Waals surface area (Å²) >= 11 is 0. The molecule has 1 atom stereocenters. The summed E-state index contributed by atoms with van der Waals surface area (Å²) in [5, 5.41) is 0. The molecule has 1 aliphatic rings. The van der Waals surface area contributed by atoms with E-state index >= 15 is 0 Å². The molecule has 1 aromatic rings. The van der Waals surface area contributed by atoms with E-state index in [9.17, 15) is 0 Å². The summed E-state index contributed by atoms with van der Waals surface area (Å²) < 4.78 is 0. The van der Waals surface area contributed by atoms with Crippen LogP contribution in [-0.4, -0.2) is 29.6 Å². The molecule has 1 aromatic carbocycles. The molecule has 0 heterocycles. The smallest absolute Gasteiger partial charge is 0.0346 e. The Morgan fingerprint density at radius 1 is 1.29 bits per heavy atom. The van der Waals surface area contributed by atoms with Crippen LogP contribution in [0.2, 0.25) is 0 Å². The molecule has 0 saturated heterocycles. The molecule has 2 N–H and O–H groups in total. The van der Waals surface area contributed by atoms with Crippen molar-refractivity contribution in [2.45, 2.75) is 44.7 Å². The molecule has 2 nitrogen and oxygen atoms in total. The van der Waals surface area contributed by atoms with Gasteiger partial charge < -0.3 is 5.73 Å². The third kappa shape index (κ3) is 2.88. The summed E-state index contributed by atoms with van der Waals surface area (Å²) in [6, 6.07) is 11.5. The number of rotatable bonds is 6. The lowest BCUT2D eigenvalue weighted by Gasteiger charge is -2.40.